The van der Waals surface area contributed by atoms with Gasteiger partial charge in [-0.3, -0.25) is 9.59 Å². The molecule has 100 valence electrons. The lowest BCUT2D eigenvalue weighted by Gasteiger charge is -2.06. The van der Waals surface area contributed by atoms with Crippen LogP contribution >= 0.6 is 0 Å². The molecule has 0 aromatic heterocycles. The van der Waals surface area contributed by atoms with Crippen molar-refractivity contribution in [1.82, 2.24) is 0 Å². The molecule has 2 amide bonds. The maximum absolute atomic E-state index is 11.6. The topological polar surface area (TPSA) is 95.5 Å². The quantitative estimate of drug-likeness (QED) is 0.718. The van der Waals surface area contributed by atoms with Crippen molar-refractivity contribution in [3.63, 3.8) is 0 Å². The summed E-state index contributed by atoms with van der Waals surface area (Å²) in [5.74, 6) is -1.85. The van der Waals surface area contributed by atoms with Gasteiger partial charge in [0.1, 0.15) is 0 Å². The van der Waals surface area contributed by atoms with Gasteiger partial charge in [-0.25, -0.2) is 4.79 Å². The summed E-state index contributed by atoms with van der Waals surface area (Å²) >= 11 is 0. The Morgan fingerprint density at radius 2 is 1.47 bits per heavy atom. The van der Waals surface area contributed by atoms with E-state index in [4.69, 9.17) is 5.11 Å². The molecule has 1 aromatic carbocycles. The van der Waals surface area contributed by atoms with Crippen molar-refractivity contribution in [2.24, 2.45) is 0 Å². The minimum Gasteiger partial charge on any atom is -0.478 e. The number of amides is 2. The highest BCUT2D eigenvalue weighted by atomic mass is 16.4. The molecule has 19 heavy (non-hydrogen) atoms. The van der Waals surface area contributed by atoms with Crippen molar-refractivity contribution in [2.45, 2.75) is 13.8 Å². The van der Waals surface area contributed by atoms with Crippen LogP contribution in [0.2, 0.25) is 0 Å². The first kappa shape index (κ1) is 14.4. The Morgan fingerprint density at radius 1 is 1.00 bits per heavy atom. The molecule has 0 aliphatic rings. The van der Waals surface area contributed by atoms with Gasteiger partial charge < -0.3 is 15.7 Å². The molecule has 0 spiro atoms. The van der Waals surface area contributed by atoms with Crippen LogP contribution in [0.1, 0.15) is 13.8 Å². The summed E-state index contributed by atoms with van der Waals surface area (Å²) < 4.78 is 0. The molecule has 1 aromatic rings. The second kappa shape index (κ2) is 6.34. The number of carbonyl (C=O) groups excluding carboxylic acids is 2. The van der Waals surface area contributed by atoms with E-state index in [-0.39, 0.29) is 11.5 Å². The van der Waals surface area contributed by atoms with Gasteiger partial charge in [0, 0.05) is 29.9 Å². The minimum atomic E-state index is -1.17. The molecule has 3 N–H and O–H groups in total. The van der Waals surface area contributed by atoms with Gasteiger partial charge in [-0.2, -0.15) is 0 Å². The van der Waals surface area contributed by atoms with Crippen LogP contribution in [-0.2, 0) is 14.4 Å². The summed E-state index contributed by atoms with van der Waals surface area (Å²) in [5.41, 5.74) is 1.22. The molecule has 0 unspecified atom stereocenters. The largest absolute Gasteiger partial charge is 0.478 e. The summed E-state index contributed by atoms with van der Waals surface area (Å²) in [6.45, 7) is 2.81. The Hall–Kier alpha value is -2.63. The lowest BCUT2D eigenvalue weighted by Crippen LogP contribution is -2.13. The van der Waals surface area contributed by atoms with Gasteiger partial charge in [-0.05, 0) is 31.2 Å². The number of anilines is 2. The van der Waals surface area contributed by atoms with Crippen molar-refractivity contribution in [3.05, 3.63) is 35.9 Å². The smallest absolute Gasteiger partial charge is 0.328 e. The van der Waals surface area contributed by atoms with Crippen LogP contribution in [-0.4, -0.2) is 22.9 Å². The second-order valence-corrected chi connectivity index (χ2v) is 3.88. The molecular formula is C13H14N2O4. The maximum atomic E-state index is 11.6. The number of rotatable bonds is 4. The lowest BCUT2D eigenvalue weighted by molar-refractivity contribution is -0.131. The highest BCUT2D eigenvalue weighted by molar-refractivity contribution is 6.06. The number of benzene rings is 1. The number of hydrogen-bond donors (Lipinski definition) is 3. The van der Waals surface area contributed by atoms with Gasteiger partial charge in [0.15, 0.2) is 0 Å². The average molecular weight is 262 g/mol. The Kier molecular flexibility index (Phi) is 4.82. The van der Waals surface area contributed by atoms with Crippen LogP contribution in [0, 0.1) is 0 Å². The molecule has 0 fully saturated rings. The fraction of sp³-hybridized carbons (Fsp3) is 0.154. The summed E-state index contributed by atoms with van der Waals surface area (Å²) in [7, 11) is 0. The highest BCUT2D eigenvalue weighted by Crippen LogP contribution is 2.14. The number of aliphatic carboxylic acids is 1. The molecule has 0 atom stereocenters. The molecule has 6 heteroatoms. The zero-order valence-electron chi connectivity index (χ0n) is 10.6. The monoisotopic (exact) mass is 262 g/mol. The molecule has 0 saturated heterocycles. The van der Waals surface area contributed by atoms with E-state index in [0.717, 1.165) is 6.08 Å². The maximum Gasteiger partial charge on any atom is 0.328 e. The average Bonchev–Trinajstić information content (AvgIpc) is 2.30. The van der Waals surface area contributed by atoms with Crippen LogP contribution in [0.15, 0.2) is 35.9 Å². The third-order valence-electron chi connectivity index (χ3n) is 2.16. The van der Waals surface area contributed by atoms with Crippen molar-refractivity contribution < 1.29 is 19.5 Å². The van der Waals surface area contributed by atoms with Gasteiger partial charge in [-0.15, -0.1) is 0 Å². The predicted octanol–water partition coefficient (Wildman–Crippen LogP) is 1.61. The van der Waals surface area contributed by atoms with Gasteiger partial charge in [-0.1, -0.05) is 0 Å². The van der Waals surface area contributed by atoms with Gasteiger partial charge >= 0.3 is 5.97 Å². The fourth-order valence-electron chi connectivity index (χ4n) is 1.32. The standard InChI is InChI=1S/C13H14N2O4/c1-8(7-12(17)18)13(19)15-11-5-3-10(4-6-11)14-9(2)16/h3-7H,1-2H3,(H,14,16)(H,15,19)(H,17,18). The summed E-state index contributed by atoms with van der Waals surface area (Å²) in [4.78, 5) is 32.8. The molecule has 0 aliphatic carbocycles. The molecule has 0 saturated carbocycles. The first-order valence-corrected chi connectivity index (χ1v) is 5.48. The Bertz CT molecular complexity index is 532. The summed E-state index contributed by atoms with van der Waals surface area (Å²) in [5, 5.41) is 13.7. The first-order valence-electron chi connectivity index (χ1n) is 5.48. The highest BCUT2D eigenvalue weighted by Gasteiger charge is 2.06. The summed E-state index contributed by atoms with van der Waals surface area (Å²) in [6, 6.07) is 6.48. The molecule has 0 radical (unpaired) electrons. The Balaban J connectivity index is 2.70. The molecule has 0 aliphatic heterocycles. The SMILES string of the molecule is CC(=O)Nc1ccc(NC(=O)C(C)=CC(=O)O)cc1. The van der Waals surface area contributed by atoms with E-state index in [0.29, 0.717) is 11.4 Å². The first-order chi connectivity index (χ1) is 8.88. The van der Waals surface area contributed by atoms with E-state index in [2.05, 4.69) is 10.6 Å². The minimum absolute atomic E-state index is 0.0958. The number of carbonyl (C=O) groups is 3. The lowest BCUT2D eigenvalue weighted by atomic mass is 10.2. The third kappa shape index (κ3) is 5.03. The summed E-state index contributed by atoms with van der Waals surface area (Å²) in [6.07, 6.45) is 0.834. The second-order valence-electron chi connectivity index (χ2n) is 3.88. The van der Waals surface area contributed by atoms with E-state index in [1.54, 1.807) is 24.3 Å². The normalized spacial score (nSPS) is 10.7. The number of carboxylic acids is 1. The molecule has 6 nitrogen and oxygen atoms in total. The number of carboxylic acid groups (broad SMARTS) is 1. The predicted molar refractivity (Wildman–Crippen MR) is 70.8 cm³/mol. The fourth-order valence-corrected chi connectivity index (χ4v) is 1.32. The van der Waals surface area contributed by atoms with Gasteiger partial charge in [0.2, 0.25) is 5.91 Å². The van der Waals surface area contributed by atoms with Gasteiger partial charge in [0.05, 0.1) is 0 Å². The van der Waals surface area contributed by atoms with E-state index in [9.17, 15) is 14.4 Å². The Morgan fingerprint density at radius 3 is 1.89 bits per heavy atom. The van der Waals surface area contributed by atoms with Crippen LogP contribution in [0.25, 0.3) is 0 Å². The van der Waals surface area contributed by atoms with Gasteiger partial charge in [0.25, 0.3) is 5.91 Å². The van der Waals surface area contributed by atoms with Crippen molar-refractivity contribution in [1.29, 1.82) is 0 Å². The zero-order valence-corrected chi connectivity index (χ0v) is 10.6. The van der Waals surface area contributed by atoms with Crippen molar-refractivity contribution in [3.8, 4) is 0 Å². The van der Waals surface area contributed by atoms with Crippen molar-refractivity contribution >= 4 is 29.2 Å². The molecule has 1 rings (SSSR count). The van der Waals surface area contributed by atoms with Crippen molar-refractivity contribution in [2.75, 3.05) is 10.6 Å². The number of hydrogen-bond acceptors (Lipinski definition) is 3. The van der Waals surface area contributed by atoms with Crippen LogP contribution < -0.4 is 10.6 Å². The zero-order chi connectivity index (χ0) is 14.4. The van der Waals surface area contributed by atoms with E-state index >= 15 is 0 Å². The molecule has 0 bridgehead atoms. The molecule has 0 heterocycles. The molecular weight excluding hydrogens is 248 g/mol. The van der Waals surface area contributed by atoms with Crippen LogP contribution in [0.5, 0.6) is 0 Å². The van der Waals surface area contributed by atoms with E-state index < -0.39 is 11.9 Å². The van der Waals surface area contributed by atoms with Crippen LogP contribution in [0.3, 0.4) is 0 Å². The number of nitrogens with one attached hydrogen (secondary N) is 2. The Labute approximate surface area is 110 Å². The van der Waals surface area contributed by atoms with E-state index in [1.807, 2.05) is 0 Å². The third-order valence-corrected chi connectivity index (χ3v) is 2.16. The van der Waals surface area contributed by atoms with E-state index in [1.165, 1.54) is 13.8 Å². The van der Waals surface area contributed by atoms with Crippen LogP contribution in [0.4, 0.5) is 11.4 Å².